The Kier molecular flexibility index (Phi) is 11.2. The lowest BCUT2D eigenvalue weighted by molar-refractivity contribution is -0.480. The maximum Gasteiger partial charge on any atom is 0.112 e. The molecule has 39 heavy (non-hydrogen) atoms. The highest BCUT2D eigenvalue weighted by Gasteiger charge is 2.63. The molecule has 2 saturated carbocycles. The van der Waals surface area contributed by atoms with Crippen molar-refractivity contribution in [3.05, 3.63) is 0 Å². The van der Waals surface area contributed by atoms with Crippen LogP contribution in [0.4, 0.5) is 0 Å². The van der Waals surface area contributed by atoms with Crippen LogP contribution in [0.25, 0.3) is 0 Å². The Labute approximate surface area is 238 Å². The van der Waals surface area contributed by atoms with Gasteiger partial charge < -0.3 is 0 Å². The van der Waals surface area contributed by atoms with E-state index in [2.05, 4.69) is 13.8 Å². The lowest BCUT2D eigenvalue weighted by Crippen LogP contribution is -2.64. The van der Waals surface area contributed by atoms with E-state index in [9.17, 15) is 0 Å². The minimum absolute atomic E-state index is 0.00670. The summed E-state index contributed by atoms with van der Waals surface area (Å²) in [5, 5.41) is 0. The third-order valence-electron chi connectivity index (χ3n) is 7.53. The van der Waals surface area contributed by atoms with Gasteiger partial charge in [-0.2, -0.15) is 0 Å². The number of hydrogen-bond donors (Lipinski definition) is 0. The maximum absolute atomic E-state index is 6.53. The van der Waals surface area contributed by atoms with Gasteiger partial charge in [0, 0.05) is 5.41 Å². The molecule has 8 nitrogen and oxygen atoms in total. The van der Waals surface area contributed by atoms with Gasteiger partial charge in [0.05, 0.1) is 34.6 Å². The second-order valence-electron chi connectivity index (χ2n) is 16.2. The maximum atomic E-state index is 6.53. The Hall–Kier alpha value is -0.320. The van der Waals surface area contributed by atoms with E-state index >= 15 is 0 Å². The summed E-state index contributed by atoms with van der Waals surface area (Å²) in [5.41, 5.74) is -3.38. The predicted molar refractivity (Wildman–Crippen MR) is 151 cm³/mol. The predicted octanol–water partition coefficient (Wildman–Crippen LogP) is 8.36. The molecule has 0 saturated heterocycles. The van der Waals surface area contributed by atoms with Gasteiger partial charge in [-0.15, -0.1) is 0 Å². The molecule has 0 heterocycles. The zero-order valence-electron chi connectivity index (χ0n) is 27.6. The zero-order valence-corrected chi connectivity index (χ0v) is 27.6. The summed E-state index contributed by atoms with van der Waals surface area (Å²) in [6.45, 7) is 28.5. The Bertz CT molecular complexity index is 673. The molecule has 2 aliphatic carbocycles. The zero-order chi connectivity index (χ0) is 30.0. The van der Waals surface area contributed by atoms with Gasteiger partial charge in [-0.25, -0.2) is 39.1 Å². The van der Waals surface area contributed by atoms with Crippen molar-refractivity contribution >= 4 is 0 Å². The highest BCUT2D eigenvalue weighted by Crippen LogP contribution is 2.57. The van der Waals surface area contributed by atoms with Crippen LogP contribution in [0.5, 0.6) is 0 Å². The van der Waals surface area contributed by atoms with Gasteiger partial charge >= 0.3 is 0 Å². The Morgan fingerprint density at radius 1 is 0.410 bits per heavy atom. The molecular formula is C31H60O8. The van der Waals surface area contributed by atoms with Gasteiger partial charge in [-0.3, -0.25) is 0 Å². The van der Waals surface area contributed by atoms with Crippen LogP contribution in [0, 0.1) is 5.41 Å². The molecule has 0 spiro atoms. The van der Waals surface area contributed by atoms with E-state index in [0.717, 1.165) is 51.4 Å². The van der Waals surface area contributed by atoms with Crippen molar-refractivity contribution in [3.8, 4) is 0 Å². The van der Waals surface area contributed by atoms with Gasteiger partial charge in [-0.1, -0.05) is 13.8 Å². The van der Waals surface area contributed by atoms with Crippen LogP contribution in [0.15, 0.2) is 0 Å². The van der Waals surface area contributed by atoms with Gasteiger partial charge in [0.25, 0.3) is 0 Å². The van der Waals surface area contributed by atoms with E-state index in [0.29, 0.717) is 0 Å². The second kappa shape index (κ2) is 12.5. The average molecular weight is 561 g/mol. The van der Waals surface area contributed by atoms with Crippen molar-refractivity contribution in [1.29, 1.82) is 0 Å². The van der Waals surface area contributed by atoms with Crippen LogP contribution < -0.4 is 0 Å². The van der Waals surface area contributed by atoms with E-state index in [1.807, 2.05) is 83.1 Å². The molecule has 2 aliphatic rings. The monoisotopic (exact) mass is 560 g/mol. The van der Waals surface area contributed by atoms with E-state index in [-0.39, 0.29) is 23.4 Å². The molecule has 0 amide bonds. The molecule has 0 radical (unpaired) electrons. The lowest BCUT2D eigenvalue weighted by Gasteiger charge is -2.58. The summed E-state index contributed by atoms with van der Waals surface area (Å²) in [6.07, 6.45) is 6.08. The molecular weight excluding hydrogens is 500 g/mol. The van der Waals surface area contributed by atoms with Gasteiger partial charge in [0.1, 0.15) is 11.2 Å². The second-order valence-corrected chi connectivity index (χ2v) is 16.2. The number of rotatable bonds is 10. The van der Waals surface area contributed by atoms with Crippen LogP contribution >= 0.6 is 0 Å². The molecule has 0 N–H and O–H groups in total. The standard InChI is InChI=1S/C31H60O8/c1-25(2,3)34-32-23-15-19-30(20-16-23,38-36-27(7,8)9)29(13,14)31(39-37-28(10,11)12)21-17-24(18-22-31)33-35-26(4,5)6/h23-24H,15-22H2,1-14H3. The van der Waals surface area contributed by atoms with E-state index < -0.39 is 27.8 Å². The molecule has 0 aliphatic heterocycles. The first-order chi connectivity index (χ1) is 17.5. The van der Waals surface area contributed by atoms with E-state index in [4.69, 9.17) is 39.1 Å². The molecule has 0 aromatic rings. The topological polar surface area (TPSA) is 73.8 Å². The smallest absolute Gasteiger partial charge is 0.112 e. The first-order valence-electron chi connectivity index (χ1n) is 14.9. The summed E-state index contributed by atoms with van der Waals surface area (Å²) in [4.78, 5) is 48.2. The van der Waals surface area contributed by atoms with E-state index in [1.165, 1.54) is 0 Å². The molecule has 0 atom stereocenters. The molecule has 8 heteroatoms. The molecule has 2 fully saturated rings. The fourth-order valence-electron chi connectivity index (χ4n) is 5.18. The summed E-state index contributed by atoms with van der Waals surface area (Å²) in [6, 6.07) is 0. The molecule has 0 bridgehead atoms. The number of hydrogen-bond acceptors (Lipinski definition) is 8. The van der Waals surface area contributed by atoms with Crippen LogP contribution in [0.2, 0.25) is 0 Å². The fourth-order valence-corrected chi connectivity index (χ4v) is 5.18. The molecule has 2 rings (SSSR count). The molecule has 0 aromatic carbocycles. The highest BCUT2D eigenvalue weighted by molar-refractivity contribution is 5.10. The van der Waals surface area contributed by atoms with Crippen LogP contribution in [-0.4, -0.2) is 45.8 Å². The van der Waals surface area contributed by atoms with Crippen molar-refractivity contribution in [1.82, 2.24) is 0 Å². The van der Waals surface area contributed by atoms with Crippen molar-refractivity contribution < 1.29 is 39.1 Å². The van der Waals surface area contributed by atoms with Gasteiger partial charge in [-0.05, 0) is 134 Å². The quantitative estimate of drug-likeness (QED) is 0.195. The van der Waals surface area contributed by atoms with E-state index in [1.54, 1.807) is 0 Å². The highest BCUT2D eigenvalue weighted by atomic mass is 17.2. The van der Waals surface area contributed by atoms with Gasteiger partial charge in [0.2, 0.25) is 0 Å². The lowest BCUT2D eigenvalue weighted by atomic mass is 9.55. The normalized spacial score (nSPS) is 30.0. The van der Waals surface area contributed by atoms with Crippen LogP contribution in [0.1, 0.15) is 148 Å². The first kappa shape index (κ1) is 34.9. The minimum atomic E-state index is -0.626. The summed E-state index contributed by atoms with van der Waals surface area (Å²) >= 11 is 0. The molecule has 0 aromatic heterocycles. The largest absolute Gasteiger partial charge is 0.233 e. The summed E-state index contributed by atoms with van der Waals surface area (Å²) in [5.74, 6) is 0. The Morgan fingerprint density at radius 2 is 0.667 bits per heavy atom. The SMILES string of the molecule is CC(C)(C)OOC1CCC(OOC(C)(C)C)(C(C)(C)C2(OOC(C)(C)C)CCC(OOC(C)(C)C)CC2)CC1. The third kappa shape index (κ3) is 10.5. The Balaban J connectivity index is 2.34. The van der Waals surface area contributed by atoms with Crippen molar-refractivity contribution in [2.45, 2.75) is 194 Å². The van der Waals surface area contributed by atoms with Crippen molar-refractivity contribution in [2.24, 2.45) is 5.41 Å². The summed E-state index contributed by atoms with van der Waals surface area (Å²) in [7, 11) is 0. The first-order valence-corrected chi connectivity index (χ1v) is 14.9. The van der Waals surface area contributed by atoms with Crippen LogP contribution in [-0.2, 0) is 39.1 Å². The molecule has 0 unspecified atom stereocenters. The average Bonchev–Trinajstić information content (AvgIpc) is 2.78. The van der Waals surface area contributed by atoms with Gasteiger partial charge in [0.15, 0.2) is 0 Å². The minimum Gasteiger partial charge on any atom is -0.233 e. The summed E-state index contributed by atoms with van der Waals surface area (Å²) < 4.78 is 0. The Morgan fingerprint density at radius 3 is 0.897 bits per heavy atom. The van der Waals surface area contributed by atoms with Crippen LogP contribution in [0.3, 0.4) is 0 Å². The van der Waals surface area contributed by atoms with Crippen molar-refractivity contribution in [3.63, 3.8) is 0 Å². The molecule has 232 valence electrons. The van der Waals surface area contributed by atoms with Crippen molar-refractivity contribution in [2.75, 3.05) is 0 Å². The fraction of sp³-hybridized carbons (Fsp3) is 1.00. The third-order valence-corrected chi connectivity index (χ3v) is 7.53.